The molecule has 0 nitrogen and oxygen atoms in total. The second-order valence-electron chi connectivity index (χ2n) is 2.67. The van der Waals surface area contributed by atoms with E-state index in [0.717, 1.165) is 5.92 Å². The number of unbranched alkanes of at least 4 members (excludes halogenated alkanes) is 1. The van der Waals surface area contributed by atoms with Gasteiger partial charge in [-0.25, -0.2) is 0 Å². The molecule has 9 heavy (non-hydrogen) atoms. The first-order chi connectivity index (χ1) is 4.27. The highest BCUT2D eigenvalue weighted by molar-refractivity contribution is 7.99. The van der Waals surface area contributed by atoms with Crippen LogP contribution in [0.15, 0.2) is 0 Å². The molecule has 0 aromatic heterocycles. The van der Waals surface area contributed by atoms with Gasteiger partial charge in [0.2, 0.25) is 0 Å². The van der Waals surface area contributed by atoms with Gasteiger partial charge in [0.05, 0.1) is 0 Å². The van der Waals surface area contributed by atoms with Crippen molar-refractivity contribution in [1.29, 1.82) is 0 Å². The minimum absolute atomic E-state index is 0.854. The van der Waals surface area contributed by atoms with Crippen molar-refractivity contribution in [2.45, 2.75) is 27.2 Å². The summed E-state index contributed by atoms with van der Waals surface area (Å²) in [5.74, 6) is 3.47. The van der Waals surface area contributed by atoms with E-state index in [2.05, 4.69) is 39.0 Å². The van der Waals surface area contributed by atoms with Gasteiger partial charge in [-0.1, -0.05) is 20.8 Å². The highest BCUT2D eigenvalue weighted by atomic mass is 32.2. The summed E-state index contributed by atoms with van der Waals surface area (Å²) in [6.07, 6.45) is 3.49. The van der Waals surface area contributed by atoms with E-state index in [0.29, 0.717) is 0 Å². The fourth-order valence-electron chi connectivity index (χ4n) is 0.520. The molecule has 0 saturated heterocycles. The largest absolute Gasteiger partial charge is 0.162 e. The second-order valence-corrected chi connectivity index (χ2v) is 3.82. The Morgan fingerprint density at radius 3 is 2.56 bits per heavy atom. The molecule has 0 aromatic carbocycles. The molecule has 0 atom stereocenters. The Balaban J connectivity index is 2.75. The van der Waals surface area contributed by atoms with Gasteiger partial charge in [0.25, 0.3) is 0 Å². The van der Waals surface area contributed by atoms with Crippen molar-refractivity contribution >= 4 is 11.8 Å². The maximum Gasteiger partial charge on any atom is -0.00444 e. The third-order valence-electron chi connectivity index (χ3n) is 1.00. The van der Waals surface area contributed by atoms with Crippen molar-refractivity contribution in [1.82, 2.24) is 0 Å². The molecule has 0 aliphatic heterocycles. The van der Waals surface area contributed by atoms with E-state index >= 15 is 0 Å². The quantitative estimate of drug-likeness (QED) is 0.536. The van der Waals surface area contributed by atoms with Gasteiger partial charge < -0.3 is 0 Å². The molecule has 0 unspecified atom stereocenters. The van der Waals surface area contributed by atoms with Crippen LogP contribution in [-0.4, -0.2) is 11.5 Å². The molecule has 0 spiro atoms. The van der Waals surface area contributed by atoms with E-state index in [4.69, 9.17) is 0 Å². The zero-order valence-electron chi connectivity index (χ0n) is 6.68. The lowest BCUT2D eigenvalue weighted by atomic mass is 10.3. The molecular formula is C8H17S. The monoisotopic (exact) mass is 145 g/mol. The Labute approximate surface area is 63.4 Å². The fourth-order valence-corrected chi connectivity index (χ4v) is 1.56. The highest BCUT2D eigenvalue weighted by Gasteiger charge is 1.92. The van der Waals surface area contributed by atoms with Crippen LogP contribution < -0.4 is 0 Å². The Morgan fingerprint density at radius 2 is 2.11 bits per heavy atom. The van der Waals surface area contributed by atoms with Crippen LogP contribution >= 0.6 is 11.8 Å². The summed E-state index contributed by atoms with van der Waals surface area (Å²) in [4.78, 5) is 0. The van der Waals surface area contributed by atoms with Crippen molar-refractivity contribution in [2.24, 2.45) is 5.92 Å². The van der Waals surface area contributed by atoms with Gasteiger partial charge in [0, 0.05) is 0 Å². The molecule has 0 N–H and O–H groups in total. The van der Waals surface area contributed by atoms with Crippen LogP contribution in [0.3, 0.4) is 0 Å². The van der Waals surface area contributed by atoms with Crippen LogP contribution in [-0.2, 0) is 0 Å². The summed E-state index contributed by atoms with van der Waals surface area (Å²) in [6, 6.07) is 0. The van der Waals surface area contributed by atoms with Gasteiger partial charge in [-0.05, 0) is 30.3 Å². The van der Waals surface area contributed by atoms with Crippen molar-refractivity contribution in [2.75, 3.05) is 11.5 Å². The Kier molecular flexibility index (Phi) is 6.72. The Hall–Kier alpha value is 0.350. The van der Waals surface area contributed by atoms with Crippen molar-refractivity contribution in [3.8, 4) is 0 Å². The molecule has 0 bridgehead atoms. The summed E-state index contributed by atoms with van der Waals surface area (Å²) in [5, 5.41) is 0. The van der Waals surface area contributed by atoms with E-state index in [1.54, 1.807) is 0 Å². The molecule has 55 valence electrons. The molecule has 0 aromatic rings. The van der Waals surface area contributed by atoms with Gasteiger partial charge in [0.15, 0.2) is 0 Å². The first-order valence-corrected chi connectivity index (χ1v) is 4.78. The maximum absolute atomic E-state index is 2.27. The SMILES string of the molecule is C[CH]CCSCC(C)C. The summed E-state index contributed by atoms with van der Waals surface area (Å²) in [6.45, 7) is 6.65. The van der Waals surface area contributed by atoms with Crippen molar-refractivity contribution in [3.05, 3.63) is 6.42 Å². The molecular weight excluding hydrogens is 128 g/mol. The van der Waals surface area contributed by atoms with E-state index in [9.17, 15) is 0 Å². The molecule has 1 radical (unpaired) electrons. The predicted molar refractivity (Wildman–Crippen MR) is 46.8 cm³/mol. The third kappa shape index (κ3) is 8.35. The lowest BCUT2D eigenvalue weighted by molar-refractivity contribution is 0.750. The van der Waals surface area contributed by atoms with Gasteiger partial charge >= 0.3 is 0 Å². The molecule has 0 saturated carbocycles. The third-order valence-corrected chi connectivity index (χ3v) is 2.43. The first-order valence-electron chi connectivity index (χ1n) is 3.63. The molecule has 0 aliphatic rings. The maximum atomic E-state index is 2.27. The zero-order chi connectivity index (χ0) is 7.11. The van der Waals surface area contributed by atoms with E-state index in [1.165, 1.54) is 17.9 Å². The topological polar surface area (TPSA) is 0 Å². The molecule has 0 rings (SSSR count). The lowest BCUT2D eigenvalue weighted by Gasteiger charge is -2.01. The van der Waals surface area contributed by atoms with E-state index in [1.807, 2.05) is 0 Å². The standard InChI is InChI=1S/C8H17S/c1-4-5-6-9-7-8(2)3/h4,8H,5-7H2,1-3H3. The van der Waals surface area contributed by atoms with Crippen molar-refractivity contribution in [3.63, 3.8) is 0 Å². The second kappa shape index (κ2) is 6.47. The minimum Gasteiger partial charge on any atom is -0.162 e. The van der Waals surface area contributed by atoms with Crippen LogP contribution in [0.4, 0.5) is 0 Å². The highest BCUT2D eigenvalue weighted by Crippen LogP contribution is 2.08. The summed E-state index contributed by atoms with van der Waals surface area (Å²) >= 11 is 2.05. The van der Waals surface area contributed by atoms with E-state index in [-0.39, 0.29) is 0 Å². The average molecular weight is 145 g/mol. The van der Waals surface area contributed by atoms with Gasteiger partial charge in [-0.2, -0.15) is 11.8 Å². The normalized spacial score (nSPS) is 10.7. The first kappa shape index (κ1) is 9.35. The van der Waals surface area contributed by atoms with Crippen LogP contribution in [0.5, 0.6) is 0 Å². The number of hydrogen-bond donors (Lipinski definition) is 0. The smallest absolute Gasteiger partial charge is 0.00444 e. The van der Waals surface area contributed by atoms with Crippen LogP contribution in [0, 0.1) is 12.3 Å². The summed E-state index contributed by atoms with van der Waals surface area (Å²) in [5.41, 5.74) is 0. The summed E-state index contributed by atoms with van der Waals surface area (Å²) < 4.78 is 0. The molecule has 0 heterocycles. The van der Waals surface area contributed by atoms with Gasteiger partial charge in [-0.3, -0.25) is 0 Å². The average Bonchev–Trinajstić information content (AvgIpc) is 1.80. The molecule has 0 fully saturated rings. The van der Waals surface area contributed by atoms with Crippen LogP contribution in [0.1, 0.15) is 27.2 Å². The Bertz CT molecular complexity index is 50.5. The van der Waals surface area contributed by atoms with Crippen LogP contribution in [0.2, 0.25) is 0 Å². The van der Waals surface area contributed by atoms with Gasteiger partial charge in [0.1, 0.15) is 0 Å². The zero-order valence-corrected chi connectivity index (χ0v) is 7.50. The predicted octanol–water partition coefficient (Wildman–Crippen LogP) is 2.99. The minimum atomic E-state index is 0.854. The number of hydrogen-bond acceptors (Lipinski definition) is 1. The van der Waals surface area contributed by atoms with Gasteiger partial charge in [-0.15, -0.1) is 0 Å². The number of thioether (sulfide) groups is 1. The lowest BCUT2D eigenvalue weighted by Crippen LogP contribution is -1.91. The number of rotatable bonds is 5. The summed E-state index contributed by atoms with van der Waals surface area (Å²) in [7, 11) is 0. The van der Waals surface area contributed by atoms with Crippen molar-refractivity contribution < 1.29 is 0 Å². The van der Waals surface area contributed by atoms with Crippen LogP contribution in [0.25, 0.3) is 0 Å². The molecule has 0 aliphatic carbocycles. The molecule has 0 amide bonds. The Morgan fingerprint density at radius 1 is 1.44 bits per heavy atom. The fraction of sp³-hybridized carbons (Fsp3) is 0.875. The van der Waals surface area contributed by atoms with E-state index < -0.39 is 0 Å². The molecule has 1 heteroatoms.